The quantitative estimate of drug-likeness (QED) is 0.769. The molecule has 1 aromatic heterocycles. The van der Waals surface area contributed by atoms with Crippen molar-refractivity contribution in [3.8, 4) is 0 Å². The van der Waals surface area contributed by atoms with Gasteiger partial charge in [-0.05, 0) is 12.1 Å². The van der Waals surface area contributed by atoms with Gasteiger partial charge in [0.25, 0.3) is 5.56 Å². The van der Waals surface area contributed by atoms with Crippen LogP contribution in [0.3, 0.4) is 0 Å². The van der Waals surface area contributed by atoms with Crippen LogP contribution in [0.5, 0.6) is 0 Å². The summed E-state index contributed by atoms with van der Waals surface area (Å²) in [6.45, 7) is 0. The summed E-state index contributed by atoms with van der Waals surface area (Å²) in [5.41, 5.74) is -1.66. The first-order valence-corrected chi connectivity index (χ1v) is 4.15. The van der Waals surface area contributed by atoms with Crippen molar-refractivity contribution in [1.29, 1.82) is 0 Å². The van der Waals surface area contributed by atoms with E-state index in [1.54, 1.807) is 12.1 Å². The maximum Gasteiger partial charge on any atom is 0.341 e. The Morgan fingerprint density at radius 1 is 1.33 bits per heavy atom. The van der Waals surface area contributed by atoms with E-state index in [4.69, 9.17) is 5.11 Å². The van der Waals surface area contributed by atoms with Crippen LogP contribution in [0.15, 0.2) is 35.1 Å². The van der Waals surface area contributed by atoms with Gasteiger partial charge >= 0.3 is 5.97 Å². The van der Waals surface area contributed by atoms with E-state index < -0.39 is 17.1 Å². The molecule has 1 aromatic carbocycles. The maximum absolute atomic E-state index is 13.4. The first-order chi connectivity index (χ1) is 7.11. The number of benzene rings is 1. The van der Waals surface area contributed by atoms with Crippen molar-refractivity contribution in [1.82, 2.24) is 4.79 Å². The summed E-state index contributed by atoms with van der Waals surface area (Å²) >= 11 is 0. The molecule has 2 rings (SSSR count). The molecule has 0 saturated heterocycles. The lowest BCUT2D eigenvalue weighted by atomic mass is 10.1. The molecule has 76 valence electrons. The first kappa shape index (κ1) is 9.39. The number of pyridine rings is 1. The Morgan fingerprint density at radius 3 is 2.67 bits per heavy atom. The van der Waals surface area contributed by atoms with Crippen molar-refractivity contribution in [2.45, 2.75) is 0 Å². The lowest BCUT2D eigenvalue weighted by molar-refractivity contribution is 0.0693. The highest BCUT2D eigenvalue weighted by Crippen LogP contribution is 2.12. The van der Waals surface area contributed by atoms with Crippen LogP contribution in [0, 0.1) is 0 Å². The molecule has 0 amide bonds. The molecule has 4 nitrogen and oxygen atoms in total. The minimum atomic E-state index is -1.43. The molecule has 0 aliphatic heterocycles. The summed E-state index contributed by atoms with van der Waals surface area (Å²) in [5.74, 6) is -1.43. The van der Waals surface area contributed by atoms with Crippen LogP contribution in [0.25, 0.3) is 10.9 Å². The largest absolute Gasteiger partial charge is 0.477 e. The van der Waals surface area contributed by atoms with E-state index in [1.165, 1.54) is 12.1 Å². The molecule has 1 N–H and O–H groups in total. The normalized spacial score (nSPS) is 10.5. The molecular formula is C10H6FNO3. The van der Waals surface area contributed by atoms with Crippen LogP contribution in [0.1, 0.15) is 10.4 Å². The van der Waals surface area contributed by atoms with Gasteiger partial charge in [0.05, 0.1) is 5.52 Å². The fourth-order valence-corrected chi connectivity index (χ4v) is 1.37. The average Bonchev–Trinajstić information content (AvgIpc) is 2.23. The van der Waals surface area contributed by atoms with Crippen molar-refractivity contribution in [2.24, 2.45) is 0 Å². The van der Waals surface area contributed by atoms with E-state index in [1.807, 2.05) is 0 Å². The summed E-state index contributed by atoms with van der Waals surface area (Å²) in [4.78, 5) is 21.7. The highest BCUT2D eigenvalue weighted by atomic mass is 19.2. The van der Waals surface area contributed by atoms with Gasteiger partial charge in [0.2, 0.25) is 0 Å². The molecule has 0 atom stereocenters. The van der Waals surface area contributed by atoms with E-state index in [0.717, 1.165) is 6.07 Å². The zero-order chi connectivity index (χ0) is 11.0. The van der Waals surface area contributed by atoms with Gasteiger partial charge in [-0.2, -0.15) is 0 Å². The van der Waals surface area contributed by atoms with Gasteiger partial charge in [-0.25, -0.2) is 4.79 Å². The van der Waals surface area contributed by atoms with Gasteiger partial charge in [-0.3, -0.25) is 4.79 Å². The van der Waals surface area contributed by atoms with Gasteiger partial charge in [0.15, 0.2) is 0 Å². The number of hydrogen-bond acceptors (Lipinski definition) is 2. The minimum absolute atomic E-state index is 0.0625. The number of fused-ring (bicyclic) bond motifs is 1. The number of hydrogen-bond donors (Lipinski definition) is 1. The third-order valence-corrected chi connectivity index (χ3v) is 2.09. The molecule has 2 aromatic rings. The second-order valence-corrected chi connectivity index (χ2v) is 3.01. The predicted octanol–water partition coefficient (Wildman–Crippen LogP) is 1.43. The molecular weight excluding hydrogens is 201 g/mol. The Bertz CT molecular complexity index is 603. The second kappa shape index (κ2) is 3.20. The summed E-state index contributed by atoms with van der Waals surface area (Å²) in [7, 11) is 0. The molecule has 0 fully saturated rings. The Labute approximate surface area is 83.1 Å². The fraction of sp³-hybridized carbons (Fsp3) is 0. The lowest BCUT2D eigenvalue weighted by Gasteiger charge is -2.01. The van der Waals surface area contributed by atoms with Gasteiger partial charge in [0, 0.05) is 5.39 Å². The number of nitrogens with zero attached hydrogens (tertiary/aromatic N) is 1. The summed E-state index contributed by atoms with van der Waals surface area (Å²) < 4.78 is 13.4. The van der Waals surface area contributed by atoms with Crippen LogP contribution < -0.4 is 5.56 Å². The molecule has 5 heteroatoms. The van der Waals surface area contributed by atoms with Crippen LogP contribution >= 0.6 is 0 Å². The molecule has 15 heavy (non-hydrogen) atoms. The SMILES string of the molecule is O=C(O)c1cc2ccccc2n(F)c1=O. The summed E-state index contributed by atoms with van der Waals surface area (Å²) in [6, 6.07) is 7.31. The van der Waals surface area contributed by atoms with E-state index in [0.29, 0.717) is 5.39 Å². The van der Waals surface area contributed by atoms with Crippen molar-refractivity contribution < 1.29 is 14.4 Å². The number of para-hydroxylation sites is 1. The Hall–Kier alpha value is -2.17. The second-order valence-electron chi connectivity index (χ2n) is 3.01. The minimum Gasteiger partial charge on any atom is -0.477 e. The average molecular weight is 207 g/mol. The van der Waals surface area contributed by atoms with Gasteiger partial charge in [0.1, 0.15) is 5.56 Å². The van der Waals surface area contributed by atoms with Crippen LogP contribution in [-0.4, -0.2) is 15.9 Å². The summed E-state index contributed by atoms with van der Waals surface area (Å²) in [6.07, 6.45) is 0. The lowest BCUT2D eigenvalue weighted by Crippen LogP contribution is -2.22. The Balaban J connectivity index is 2.95. The predicted molar refractivity (Wildman–Crippen MR) is 51.7 cm³/mol. The van der Waals surface area contributed by atoms with E-state index in [-0.39, 0.29) is 10.3 Å². The topological polar surface area (TPSA) is 59.3 Å². The molecule has 0 radical (unpaired) electrons. The highest BCUT2D eigenvalue weighted by Gasteiger charge is 2.13. The fourth-order valence-electron chi connectivity index (χ4n) is 1.37. The molecule has 0 aliphatic carbocycles. The number of carboxylic acid groups (broad SMARTS) is 1. The summed E-state index contributed by atoms with van der Waals surface area (Å²) in [5, 5.41) is 9.04. The number of aromatic carboxylic acids is 1. The Morgan fingerprint density at radius 2 is 2.00 bits per heavy atom. The number of aromatic nitrogens is 1. The number of rotatable bonds is 1. The van der Waals surface area contributed by atoms with Crippen LogP contribution in [-0.2, 0) is 0 Å². The van der Waals surface area contributed by atoms with Crippen molar-refractivity contribution in [2.75, 3.05) is 0 Å². The number of carbonyl (C=O) groups is 1. The molecule has 0 spiro atoms. The van der Waals surface area contributed by atoms with Crippen molar-refractivity contribution in [3.05, 3.63) is 46.2 Å². The van der Waals surface area contributed by atoms with Gasteiger partial charge < -0.3 is 5.11 Å². The highest BCUT2D eigenvalue weighted by molar-refractivity contribution is 5.92. The van der Waals surface area contributed by atoms with Gasteiger partial charge in [-0.15, -0.1) is 4.79 Å². The molecule has 0 bridgehead atoms. The van der Waals surface area contributed by atoms with E-state index in [9.17, 15) is 14.1 Å². The zero-order valence-electron chi connectivity index (χ0n) is 7.48. The van der Waals surface area contributed by atoms with Gasteiger partial charge in [-0.1, -0.05) is 22.7 Å². The van der Waals surface area contributed by atoms with E-state index >= 15 is 0 Å². The standard InChI is InChI=1S/C10H6FNO3/c11-12-8-4-2-1-3-6(8)5-7(9(12)13)10(14)15/h1-5H,(H,14,15). The molecule has 0 aliphatic rings. The maximum atomic E-state index is 13.4. The smallest absolute Gasteiger partial charge is 0.341 e. The van der Waals surface area contributed by atoms with Crippen molar-refractivity contribution in [3.63, 3.8) is 0 Å². The Kier molecular flexibility index (Phi) is 2.00. The zero-order valence-corrected chi connectivity index (χ0v) is 7.48. The third-order valence-electron chi connectivity index (χ3n) is 2.09. The third kappa shape index (κ3) is 1.38. The number of carboxylic acids is 1. The van der Waals surface area contributed by atoms with Crippen LogP contribution in [0.4, 0.5) is 4.48 Å². The first-order valence-electron chi connectivity index (χ1n) is 4.15. The molecule has 0 saturated carbocycles. The molecule has 0 unspecified atom stereocenters. The molecule has 1 heterocycles. The van der Waals surface area contributed by atoms with Crippen LogP contribution in [0.2, 0.25) is 0 Å². The number of halogens is 1. The van der Waals surface area contributed by atoms with Crippen molar-refractivity contribution >= 4 is 16.9 Å². The monoisotopic (exact) mass is 207 g/mol. The van der Waals surface area contributed by atoms with E-state index in [2.05, 4.69) is 0 Å².